The monoisotopic (exact) mass is 260 g/mol. The first kappa shape index (κ1) is 13.6. The Bertz CT molecular complexity index is 463. The average molecular weight is 260 g/mol. The lowest BCUT2D eigenvalue weighted by molar-refractivity contribution is 0.0742. The largest absolute Gasteiger partial charge is 0.366 e. The Hall–Kier alpha value is -1.84. The van der Waals surface area contributed by atoms with Gasteiger partial charge in [0, 0.05) is 24.2 Å². The van der Waals surface area contributed by atoms with Crippen molar-refractivity contribution in [3.63, 3.8) is 0 Å². The van der Waals surface area contributed by atoms with E-state index in [9.17, 15) is 9.59 Å². The fourth-order valence-corrected chi connectivity index (χ4v) is 2.44. The summed E-state index contributed by atoms with van der Waals surface area (Å²) in [4.78, 5) is 25.5. The Morgan fingerprint density at radius 2 is 1.53 bits per heavy atom. The van der Waals surface area contributed by atoms with Crippen LogP contribution in [-0.2, 0) is 0 Å². The van der Waals surface area contributed by atoms with Crippen molar-refractivity contribution in [1.29, 1.82) is 0 Å². The van der Waals surface area contributed by atoms with Gasteiger partial charge in [-0.15, -0.1) is 0 Å². The van der Waals surface area contributed by atoms with Gasteiger partial charge in [-0.2, -0.15) is 0 Å². The third kappa shape index (κ3) is 3.56. The highest BCUT2D eigenvalue weighted by Gasteiger charge is 2.17. The number of amides is 2. The fraction of sp³-hybridized carbons (Fsp3) is 0.467. The molecule has 19 heavy (non-hydrogen) atoms. The first-order valence-corrected chi connectivity index (χ1v) is 6.87. The van der Waals surface area contributed by atoms with Crippen molar-refractivity contribution in [2.24, 2.45) is 5.73 Å². The van der Waals surface area contributed by atoms with Crippen molar-refractivity contribution in [3.05, 3.63) is 35.4 Å². The van der Waals surface area contributed by atoms with Crippen LogP contribution in [0.3, 0.4) is 0 Å². The van der Waals surface area contributed by atoms with Gasteiger partial charge >= 0.3 is 0 Å². The molecule has 1 saturated heterocycles. The highest BCUT2D eigenvalue weighted by molar-refractivity contribution is 5.99. The van der Waals surface area contributed by atoms with Crippen molar-refractivity contribution in [2.75, 3.05) is 13.1 Å². The van der Waals surface area contributed by atoms with E-state index in [0.717, 1.165) is 25.9 Å². The van der Waals surface area contributed by atoms with Crippen molar-refractivity contribution in [3.8, 4) is 0 Å². The third-order valence-electron chi connectivity index (χ3n) is 3.54. The molecule has 0 bridgehead atoms. The van der Waals surface area contributed by atoms with E-state index < -0.39 is 5.91 Å². The van der Waals surface area contributed by atoms with E-state index in [1.807, 2.05) is 4.90 Å². The summed E-state index contributed by atoms with van der Waals surface area (Å²) in [6, 6.07) is 6.67. The maximum absolute atomic E-state index is 12.4. The van der Waals surface area contributed by atoms with Gasteiger partial charge in [-0.1, -0.05) is 25.3 Å². The second-order valence-electron chi connectivity index (χ2n) is 5.01. The molecule has 0 radical (unpaired) electrons. The zero-order chi connectivity index (χ0) is 13.7. The molecular weight excluding hydrogens is 240 g/mol. The normalized spacial score (nSPS) is 16.5. The molecule has 1 heterocycles. The molecule has 2 N–H and O–H groups in total. The number of benzene rings is 1. The standard InChI is InChI=1S/C15H20N2O2/c16-14(18)12-7-6-8-13(11-12)15(19)17-9-4-2-1-3-5-10-17/h6-8,11H,1-5,9-10H2,(H2,16,18). The number of hydrogen-bond donors (Lipinski definition) is 1. The Labute approximate surface area is 113 Å². The molecule has 0 atom stereocenters. The molecule has 1 aliphatic rings. The molecule has 0 aromatic heterocycles. The highest BCUT2D eigenvalue weighted by atomic mass is 16.2. The third-order valence-corrected chi connectivity index (χ3v) is 3.54. The molecule has 0 saturated carbocycles. The minimum Gasteiger partial charge on any atom is -0.366 e. The lowest BCUT2D eigenvalue weighted by atomic mass is 10.1. The smallest absolute Gasteiger partial charge is 0.253 e. The van der Waals surface area contributed by atoms with E-state index >= 15 is 0 Å². The van der Waals surface area contributed by atoms with E-state index in [0.29, 0.717) is 11.1 Å². The minimum atomic E-state index is -0.498. The molecule has 4 nitrogen and oxygen atoms in total. The summed E-state index contributed by atoms with van der Waals surface area (Å²) < 4.78 is 0. The summed E-state index contributed by atoms with van der Waals surface area (Å²) in [5, 5.41) is 0. The van der Waals surface area contributed by atoms with Gasteiger partial charge in [-0.3, -0.25) is 9.59 Å². The molecule has 4 heteroatoms. The number of likely N-dealkylation sites (tertiary alicyclic amines) is 1. The second-order valence-corrected chi connectivity index (χ2v) is 5.01. The SMILES string of the molecule is NC(=O)c1cccc(C(=O)N2CCCCCCC2)c1. The molecular formula is C15H20N2O2. The van der Waals surface area contributed by atoms with E-state index in [-0.39, 0.29) is 5.91 Å². The van der Waals surface area contributed by atoms with Gasteiger partial charge < -0.3 is 10.6 Å². The molecule has 0 aliphatic carbocycles. The van der Waals surface area contributed by atoms with Crippen LogP contribution in [0.4, 0.5) is 0 Å². The van der Waals surface area contributed by atoms with Crippen LogP contribution in [0, 0.1) is 0 Å². The van der Waals surface area contributed by atoms with Crippen LogP contribution >= 0.6 is 0 Å². The lowest BCUT2D eigenvalue weighted by Gasteiger charge is -2.25. The summed E-state index contributed by atoms with van der Waals surface area (Å²) in [5.41, 5.74) is 6.18. The number of carbonyl (C=O) groups is 2. The average Bonchev–Trinajstić information content (AvgIpc) is 2.38. The second kappa shape index (κ2) is 6.36. The molecule has 1 aromatic carbocycles. The van der Waals surface area contributed by atoms with Gasteiger partial charge in [0.2, 0.25) is 5.91 Å². The maximum atomic E-state index is 12.4. The number of rotatable bonds is 2. The Kier molecular flexibility index (Phi) is 4.55. The van der Waals surface area contributed by atoms with E-state index in [1.165, 1.54) is 19.3 Å². The number of nitrogens with two attached hydrogens (primary N) is 1. The molecule has 1 aromatic rings. The number of hydrogen-bond acceptors (Lipinski definition) is 2. The molecule has 0 spiro atoms. The topological polar surface area (TPSA) is 63.4 Å². The van der Waals surface area contributed by atoms with Gasteiger partial charge in [0.05, 0.1) is 0 Å². The van der Waals surface area contributed by atoms with Crippen LogP contribution in [0.25, 0.3) is 0 Å². The molecule has 1 fully saturated rings. The van der Waals surface area contributed by atoms with Gasteiger partial charge in [-0.25, -0.2) is 0 Å². The van der Waals surface area contributed by atoms with Crippen LogP contribution in [0.2, 0.25) is 0 Å². The van der Waals surface area contributed by atoms with Crippen LogP contribution in [0.5, 0.6) is 0 Å². The quantitative estimate of drug-likeness (QED) is 0.886. The molecule has 2 amide bonds. The summed E-state index contributed by atoms with van der Waals surface area (Å²) >= 11 is 0. The zero-order valence-corrected chi connectivity index (χ0v) is 11.1. The van der Waals surface area contributed by atoms with Crippen molar-refractivity contribution < 1.29 is 9.59 Å². The maximum Gasteiger partial charge on any atom is 0.253 e. The number of nitrogens with zero attached hydrogens (tertiary/aromatic N) is 1. The van der Waals surface area contributed by atoms with Crippen molar-refractivity contribution >= 4 is 11.8 Å². The first-order valence-electron chi connectivity index (χ1n) is 6.87. The van der Waals surface area contributed by atoms with Crippen molar-refractivity contribution in [1.82, 2.24) is 4.90 Å². The van der Waals surface area contributed by atoms with E-state index in [1.54, 1.807) is 24.3 Å². The van der Waals surface area contributed by atoms with Gasteiger partial charge in [-0.05, 0) is 31.0 Å². The van der Waals surface area contributed by atoms with Gasteiger partial charge in [0.15, 0.2) is 0 Å². The lowest BCUT2D eigenvalue weighted by Crippen LogP contribution is -2.34. The molecule has 2 rings (SSSR count). The molecule has 0 unspecified atom stereocenters. The summed E-state index contributed by atoms with van der Waals surface area (Å²) in [6.45, 7) is 1.61. The fourth-order valence-electron chi connectivity index (χ4n) is 2.44. The zero-order valence-electron chi connectivity index (χ0n) is 11.1. The predicted molar refractivity (Wildman–Crippen MR) is 73.9 cm³/mol. The predicted octanol–water partition coefficient (Wildman–Crippen LogP) is 2.19. The summed E-state index contributed by atoms with van der Waals surface area (Å²) in [5.74, 6) is -0.493. The summed E-state index contributed by atoms with van der Waals surface area (Å²) in [7, 11) is 0. The van der Waals surface area contributed by atoms with Crippen LogP contribution in [-0.4, -0.2) is 29.8 Å². The minimum absolute atomic E-state index is 0.00463. The van der Waals surface area contributed by atoms with E-state index in [2.05, 4.69) is 0 Å². The Balaban J connectivity index is 2.13. The van der Waals surface area contributed by atoms with Crippen LogP contribution in [0.1, 0.15) is 52.8 Å². The highest BCUT2D eigenvalue weighted by Crippen LogP contribution is 2.14. The first-order chi connectivity index (χ1) is 9.18. The van der Waals surface area contributed by atoms with Gasteiger partial charge in [0.1, 0.15) is 0 Å². The van der Waals surface area contributed by atoms with Gasteiger partial charge in [0.25, 0.3) is 5.91 Å². The van der Waals surface area contributed by atoms with Crippen molar-refractivity contribution in [2.45, 2.75) is 32.1 Å². The Morgan fingerprint density at radius 3 is 2.16 bits per heavy atom. The number of primary amides is 1. The van der Waals surface area contributed by atoms with Crippen LogP contribution in [0.15, 0.2) is 24.3 Å². The Morgan fingerprint density at radius 1 is 0.947 bits per heavy atom. The number of carbonyl (C=O) groups excluding carboxylic acids is 2. The van der Waals surface area contributed by atoms with Crippen LogP contribution < -0.4 is 5.73 Å². The van der Waals surface area contributed by atoms with E-state index in [4.69, 9.17) is 5.73 Å². The molecule has 1 aliphatic heterocycles. The summed E-state index contributed by atoms with van der Waals surface area (Å²) in [6.07, 6.45) is 5.75. The molecule has 102 valence electrons.